The van der Waals surface area contributed by atoms with E-state index in [4.69, 9.17) is 0 Å². The summed E-state index contributed by atoms with van der Waals surface area (Å²) in [5.74, 6) is -2.23. The molecule has 0 spiro atoms. The maximum atomic E-state index is 13.9. The van der Waals surface area contributed by atoms with Crippen LogP contribution in [0, 0.1) is 21.8 Å². The van der Waals surface area contributed by atoms with E-state index in [-0.39, 0.29) is 38.0 Å². The summed E-state index contributed by atoms with van der Waals surface area (Å²) in [4.78, 5) is 11.5. The highest BCUT2D eigenvalue weighted by molar-refractivity contribution is 5.36. The zero-order valence-electron chi connectivity index (χ0n) is 11.1. The van der Waals surface area contributed by atoms with Gasteiger partial charge >= 0.3 is 11.9 Å². The third-order valence-electron chi connectivity index (χ3n) is 3.70. The number of nitrogens with zero attached hydrogens (tertiary/aromatic N) is 2. The predicted octanol–water partition coefficient (Wildman–Crippen LogP) is 3.51. The fourth-order valence-corrected chi connectivity index (χ4v) is 2.49. The SMILES string of the molecule is O=[N+]([O-])c1cccc(CN2CCC(C(F)(F)F)CC2)c1F. The Labute approximate surface area is 118 Å². The van der Waals surface area contributed by atoms with E-state index >= 15 is 0 Å². The average Bonchev–Trinajstić information content (AvgIpc) is 2.40. The molecule has 0 amide bonds. The first kappa shape index (κ1) is 15.7. The van der Waals surface area contributed by atoms with Crippen LogP contribution in [0.5, 0.6) is 0 Å². The Hall–Kier alpha value is -1.70. The minimum Gasteiger partial charge on any atom is -0.299 e. The number of halogens is 4. The monoisotopic (exact) mass is 306 g/mol. The van der Waals surface area contributed by atoms with Gasteiger partial charge in [0.15, 0.2) is 0 Å². The number of hydrogen-bond acceptors (Lipinski definition) is 3. The molecule has 1 aliphatic heterocycles. The van der Waals surface area contributed by atoms with Crippen molar-refractivity contribution in [2.24, 2.45) is 5.92 Å². The minimum absolute atomic E-state index is 0.0277. The molecule has 0 atom stereocenters. The summed E-state index contributed by atoms with van der Waals surface area (Å²) in [6.07, 6.45) is -4.25. The normalized spacial score (nSPS) is 17.9. The molecule has 0 unspecified atom stereocenters. The van der Waals surface area contributed by atoms with Crippen molar-refractivity contribution in [1.29, 1.82) is 0 Å². The minimum atomic E-state index is -4.19. The second-order valence-electron chi connectivity index (χ2n) is 5.10. The van der Waals surface area contributed by atoms with Crippen LogP contribution in [-0.4, -0.2) is 29.1 Å². The van der Waals surface area contributed by atoms with Gasteiger partial charge in [-0.3, -0.25) is 15.0 Å². The molecule has 8 heteroatoms. The van der Waals surface area contributed by atoms with Crippen LogP contribution in [0.1, 0.15) is 18.4 Å². The van der Waals surface area contributed by atoms with E-state index < -0.39 is 28.5 Å². The highest BCUT2D eigenvalue weighted by atomic mass is 19.4. The molecule has 0 aromatic heterocycles. The van der Waals surface area contributed by atoms with Crippen molar-refractivity contribution in [3.8, 4) is 0 Å². The first-order valence-electron chi connectivity index (χ1n) is 6.50. The lowest BCUT2D eigenvalue weighted by molar-refractivity contribution is -0.387. The van der Waals surface area contributed by atoms with Gasteiger partial charge in [0.25, 0.3) is 0 Å². The first-order valence-corrected chi connectivity index (χ1v) is 6.50. The number of alkyl halides is 3. The van der Waals surface area contributed by atoms with E-state index in [1.165, 1.54) is 12.1 Å². The summed E-state index contributed by atoms with van der Waals surface area (Å²) in [6.45, 7) is 0.483. The summed E-state index contributed by atoms with van der Waals surface area (Å²) in [7, 11) is 0. The molecule has 0 N–H and O–H groups in total. The van der Waals surface area contributed by atoms with Crippen LogP contribution in [0.15, 0.2) is 18.2 Å². The lowest BCUT2D eigenvalue weighted by atomic mass is 9.96. The Balaban J connectivity index is 2.01. The molecule has 1 aliphatic rings. The summed E-state index contributed by atoms with van der Waals surface area (Å²) in [5, 5.41) is 10.6. The third kappa shape index (κ3) is 3.69. The second-order valence-corrected chi connectivity index (χ2v) is 5.10. The van der Waals surface area contributed by atoms with Crippen LogP contribution in [0.2, 0.25) is 0 Å². The van der Waals surface area contributed by atoms with Crippen molar-refractivity contribution in [3.05, 3.63) is 39.7 Å². The summed E-state index contributed by atoms with van der Waals surface area (Å²) < 4.78 is 51.5. The van der Waals surface area contributed by atoms with Gasteiger partial charge in [0.1, 0.15) is 0 Å². The van der Waals surface area contributed by atoms with Gasteiger partial charge in [0.05, 0.1) is 10.8 Å². The van der Waals surface area contributed by atoms with Gasteiger partial charge in [-0.05, 0) is 25.9 Å². The molecule has 1 aromatic carbocycles. The number of benzene rings is 1. The first-order chi connectivity index (χ1) is 9.79. The van der Waals surface area contributed by atoms with Crippen LogP contribution in [0.4, 0.5) is 23.2 Å². The lowest BCUT2D eigenvalue weighted by Crippen LogP contribution is -2.38. The van der Waals surface area contributed by atoms with E-state index in [0.717, 1.165) is 6.07 Å². The second kappa shape index (κ2) is 5.97. The quantitative estimate of drug-likeness (QED) is 0.488. The van der Waals surface area contributed by atoms with Gasteiger partial charge in [-0.25, -0.2) is 0 Å². The van der Waals surface area contributed by atoms with E-state index in [9.17, 15) is 27.7 Å². The molecule has 21 heavy (non-hydrogen) atoms. The van der Waals surface area contributed by atoms with E-state index in [1.807, 2.05) is 0 Å². The van der Waals surface area contributed by atoms with Crippen LogP contribution >= 0.6 is 0 Å². The van der Waals surface area contributed by atoms with E-state index in [1.54, 1.807) is 4.90 Å². The maximum absolute atomic E-state index is 13.9. The fourth-order valence-electron chi connectivity index (χ4n) is 2.49. The zero-order valence-corrected chi connectivity index (χ0v) is 11.1. The highest BCUT2D eigenvalue weighted by Gasteiger charge is 2.41. The van der Waals surface area contributed by atoms with Crippen LogP contribution in [-0.2, 0) is 6.54 Å². The van der Waals surface area contributed by atoms with Crippen molar-refractivity contribution in [1.82, 2.24) is 4.90 Å². The predicted molar refractivity (Wildman–Crippen MR) is 67.1 cm³/mol. The van der Waals surface area contributed by atoms with Crippen LogP contribution < -0.4 is 0 Å². The average molecular weight is 306 g/mol. The van der Waals surface area contributed by atoms with Crippen LogP contribution in [0.25, 0.3) is 0 Å². The number of piperidine rings is 1. The maximum Gasteiger partial charge on any atom is 0.391 e. The number of nitro benzene ring substituents is 1. The third-order valence-corrected chi connectivity index (χ3v) is 3.70. The smallest absolute Gasteiger partial charge is 0.299 e. The molecule has 1 heterocycles. The molecule has 116 valence electrons. The summed E-state index contributed by atoms with van der Waals surface area (Å²) in [5.41, 5.74) is -0.479. The fraction of sp³-hybridized carbons (Fsp3) is 0.538. The summed E-state index contributed by atoms with van der Waals surface area (Å²) >= 11 is 0. The molecule has 1 aromatic rings. The number of hydrogen-bond donors (Lipinski definition) is 0. The number of rotatable bonds is 3. The Morgan fingerprint density at radius 3 is 2.43 bits per heavy atom. The van der Waals surface area contributed by atoms with Gasteiger partial charge in [-0.2, -0.15) is 17.6 Å². The molecule has 0 saturated carbocycles. The summed E-state index contributed by atoms with van der Waals surface area (Å²) in [6, 6.07) is 3.85. The molecule has 2 rings (SSSR count). The molecular weight excluding hydrogens is 292 g/mol. The molecule has 1 fully saturated rings. The number of likely N-dealkylation sites (tertiary alicyclic amines) is 1. The van der Waals surface area contributed by atoms with Gasteiger partial charge in [-0.15, -0.1) is 0 Å². The van der Waals surface area contributed by atoms with Crippen molar-refractivity contribution in [2.45, 2.75) is 25.6 Å². The van der Waals surface area contributed by atoms with Crippen molar-refractivity contribution < 1.29 is 22.5 Å². The number of nitro groups is 1. The van der Waals surface area contributed by atoms with Gasteiger partial charge in [-0.1, -0.05) is 12.1 Å². The van der Waals surface area contributed by atoms with Crippen molar-refractivity contribution >= 4 is 5.69 Å². The van der Waals surface area contributed by atoms with Crippen LogP contribution in [0.3, 0.4) is 0 Å². The molecule has 4 nitrogen and oxygen atoms in total. The Morgan fingerprint density at radius 2 is 1.90 bits per heavy atom. The Bertz CT molecular complexity index is 525. The van der Waals surface area contributed by atoms with E-state index in [2.05, 4.69) is 0 Å². The van der Waals surface area contributed by atoms with Crippen molar-refractivity contribution in [2.75, 3.05) is 13.1 Å². The standard InChI is InChI=1S/C13H14F4N2O2/c14-12-9(2-1-3-11(12)19(20)21)8-18-6-4-10(5-7-18)13(15,16)17/h1-3,10H,4-8H2. The van der Waals surface area contributed by atoms with Gasteiger partial charge in [0, 0.05) is 18.2 Å². The van der Waals surface area contributed by atoms with Gasteiger partial charge < -0.3 is 0 Å². The molecule has 0 bridgehead atoms. The highest BCUT2D eigenvalue weighted by Crippen LogP contribution is 2.34. The molecular formula is C13H14F4N2O2. The largest absolute Gasteiger partial charge is 0.391 e. The molecule has 0 aliphatic carbocycles. The Kier molecular flexibility index (Phi) is 4.46. The Morgan fingerprint density at radius 1 is 1.29 bits per heavy atom. The molecule has 0 radical (unpaired) electrons. The topological polar surface area (TPSA) is 46.4 Å². The zero-order chi connectivity index (χ0) is 15.6. The lowest BCUT2D eigenvalue weighted by Gasteiger charge is -2.32. The van der Waals surface area contributed by atoms with Crippen molar-refractivity contribution in [3.63, 3.8) is 0 Å². The van der Waals surface area contributed by atoms with E-state index in [0.29, 0.717) is 0 Å². The molecule has 1 saturated heterocycles. The van der Waals surface area contributed by atoms with Gasteiger partial charge in [0.2, 0.25) is 5.82 Å².